The number of hydrogen-bond donors (Lipinski definition) is 0. The number of allylic oxidation sites excluding steroid dienone is 1. The van der Waals surface area contributed by atoms with Gasteiger partial charge in [-0.25, -0.2) is 0 Å². The first-order chi connectivity index (χ1) is 16.2. The molecule has 0 saturated heterocycles. The predicted octanol–water partition coefficient (Wildman–Crippen LogP) is 7.18. The summed E-state index contributed by atoms with van der Waals surface area (Å²) in [6.07, 6.45) is 0.297. The molecule has 0 aliphatic carbocycles. The van der Waals surface area contributed by atoms with Crippen molar-refractivity contribution in [1.82, 2.24) is 0 Å². The minimum absolute atomic E-state index is 0.757. The van der Waals surface area contributed by atoms with Crippen molar-refractivity contribution in [1.29, 1.82) is 0 Å². The van der Waals surface area contributed by atoms with Crippen LogP contribution in [0.5, 0.6) is 5.75 Å². The minimum Gasteiger partial charge on any atom is -0.497 e. The van der Waals surface area contributed by atoms with Crippen LogP contribution in [0.25, 0.3) is 5.57 Å². The zero-order valence-corrected chi connectivity index (χ0v) is 20.3. The molecule has 0 spiro atoms. The SMILES string of the molecule is COc1ccc(/C(=C/CCSP(=O)(c2ccccc2)c2ccccc2)c2ccccc2)cc1. The fourth-order valence-electron chi connectivity index (χ4n) is 3.72. The average molecular weight is 471 g/mol. The second-order valence-corrected chi connectivity index (χ2v) is 12.7. The van der Waals surface area contributed by atoms with Gasteiger partial charge in [0.2, 0.25) is 0 Å². The van der Waals surface area contributed by atoms with E-state index in [4.69, 9.17) is 4.74 Å². The van der Waals surface area contributed by atoms with E-state index in [1.807, 2.05) is 78.9 Å². The molecule has 0 heterocycles. The molecule has 0 radical (unpaired) electrons. The van der Waals surface area contributed by atoms with E-state index in [1.54, 1.807) is 18.5 Å². The Balaban J connectivity index is 1.58. The summed E-state index contributed by atoms with van der Waals surface area (Å²) in [5, 5.41) is 1.78. The van der Waals surface area contributed by atoms with E-state index in [0.717, 1.165) is 34.1 Å². The van der Waals surface area contributed by atoms with Crippen LogP contribution in [0.15, 0.2) is 121 Å². The average Bonchev–Trinajstić information content (AvgIpc) is 2.90. The molecule has 0 N–H and O–H groups in total. The van der Waals surface area contributed by atoms with Gasteiger partial charge in [-0.3, -0.25) is 0 Å². The fourth-order valence-corrected chi connectivity index (χ4v) is 8.64. The molecule has 0 aromatic heterocycles. The molecule has 0 saturated carbocycles. The molecular weight excluding hydrogens is 443 g/mol. The van der Waals surface area contributed by atoms with Crippen molar-refractivity contribution in [2.24, 2.45) is 0 Å². The summed E-state index contributed by atoms with van der Waals surface area (Å²) in [6, 6.07) is 38.2. The zero-order chi connectivity index (χ0) is 22.9. The van der Waals surface area contributed by atoms with Gasteiger partial charge in [0.25, 0.3) is 0 Å². The lowest BCUT2D eigenvalue weighted by Gasteiger charge is -2.18. The Bertz CT molecular complexity index is 1180. The van der Waals surface area contributed by atoms with E-state index < -0.39 is 6.34 Å². The van der Waals surface area contributed by atoms with E-state index in [9.17, 15) is 4.57 Å². The summed E-state index contributed by atoms with van der Waals surface area (Å²) in [5.41, 5.74) is 3.48. The number of rotatable bonds is 9. The quantitative estimate of drug-likeness (QED) is 0.191. The lowest BCUT2D eigenvalue weighted by molar-refractivity contribution is 0.415. The topological polar surface area (TPSA) is 26.3 Å². The first-order valence-electron chi connectivity index (χ1n) is 11.0. The zero-order valence-electron chi connectivity index (χ0n) is 18.6. The van der Waals surface area contributed by atoms with Crippen molar-refractivity contribution in [2.75, 3.05) is 12.9 Å². The Morgan fingerprint density at radius 2 is 1.21 bits per heavy atom. The van der Waals surface area contributed by atoms with Crippen LogP contribution < -0.4 is 15.3 Å². The molecular formula is C29H27O2PS. The Labute approximate surface area is 200 Å². The van der Waals surface area contributed by atoms with Gasteiger partial charge in [0.15, 0.2) is 6.34 Å². The van der Waals surface area contributed by atoms with Crippen LogP contribution in [0, 0.1) is 0 Å². The lowest BCUT2D eigenvalue weighted by Crippen LogP contribution is -2.13. The lowest BCUT2D eigenvalue weighted by atomic mass is 9.97. The van der Waals surface area contributed by atoms with Gasteiger partial charge >= 0.3 is 0 Å². The second kappa shape index (κ2) is 11.2. The number of benzene rings is 4. The summed E-state index contributed by atoms with van der Waals surface area (Å²) < 4.78 is 19.5. The minimum atomic E-state index is -2.77. The Hall–Kier alpha value is -3.00. The van der Waals surface area contributed by atoms with Gasteiger partial charge in [-0.15, -0.1) is 0 Å². The highest BCUT2D eigenvalue weighted by Gasteiger charge is 2.27. The first kappa shape index (κ1) is 23.2. The molecule has 166 valence electrons. The Morgan fingerprint density at radius 1 is 0.727 bits per heavy atom. The molecule has 0 fully saturated rings. The van der Waals surface area contributed by atoms with Crippen molar-refractivity contribution >= 4 is 33.9 Å². The Kier molecular flexibility index (Phi) is 7.88. The third-order valence-corrected chi connectivity index (χ3v) is 11.1. The van der Waals surface area contributed by atoms with Gasteiger partial charge in [-0.2, -0.15) is 0 Å². The summed E-state index contributed by atoms with van der Waals surface area (Å²) in [7, 11) is 1.68. The molecule has 0 aliphatic rings. The molecule has 4 heteroatoms. The molecule has 4 rings (SSSR count). The van der Waals surface area contributed by atoms with Crippen LogP contribution in [0.1, 0.15) is 17.5 Å². The van der Waals surface area contributed by atoms with E-state index in [1.165, 1.54) is 11.1 Å². The smallest absolute Gasteiger partial charge is 0.195 e. The molecule has 33 heavy (non-hydrogen) atoms. The molecule has 2 nitrogen and oxygen atoms in total. The molecule has 4 aromatic rings. The monoisotopic (exact) mass is 470 g/mol. The van der Waals surface area contributed by atoms with Gasteiger partial charge in [0, 0.05) is 16.4 Å². The van der Waals surface area contributed by atoms with Crippen LogP contribution >= 0.6 is 17.7 Å². The van der Waals surface area contributed by atoms with Crippen molar-refractivity contribution in [3.63, 3.8) is 0 Å². The standard InChI is InChI=1S/C29H27O2PS/c1-31-26-21-19-25(20-22-26)29(24-12-5-2-6-13-24)18-11-23-33-32(30,27-14-7-3-8-15-27)28-16-9-4-10-17-28/h2-10,12-22H,11,23H2,1H3/b29-18+. The molecule has 0 amide bonds. The highest BCUT2D eigenvalue weighted by atomic mass is 32.7. The molecule has 4 aromatic carbocycles. The maximum absolute atomic E-state index is 14.2. The second-order valence-electron chi connectivity index (χ2n) is 7.56. The van der Waals surface area contributed by atoms with Gasteiger partial charge in [-0.1, -0.05) is 121 Å². The van der Waals surface area contributed by atoms with E-state index in [-0.39, 0.29) is 0 Å². The highest BCUT2D eigenvalue weighted by Crippen LogP contribution is 2.56. The molecule has 0 atom stereocenters. The number of ether oxygens (including phenoxy) is 1. The Morgan fingerprint density at radius 3 is 1.73 bits per heavy atom. The maximum atomic E-state index is 14.2. The van der Waals surface area contributed by atoms with E-state index in [2.05, 4.69) is 42.5 Å². The largest absolute Gasteiger partial charge is 0.497 e. The normalized spacial score (nSPS) is 11.8. The number of methoxy groups -OCH3 is 1. The predicted molar refractivity (Wildman–Crippen MR) is 143 cm³/mol. The maximum Gasteiger partial charge on any atom is 0.195 e. The van der Waals surface area contributed by atoms with E-state index >= 15 is 0 Å². The van der Waals surface area contributed by atoms with Gasteiger partial charge in [0.1, 0.15) is 5.75 Å². The summed E-state index contributed by atoms with van der Waals surface area (Å²) >= 11 is 1.56. The van der Waals surface area contributed by atoms with Crippen molar-refractivity contribution in [3.8, 4) is 5.75 Å². The van der Waals surface area contributed by atoms with Crippen LogP contribution in [-0.2, 0) is 4.57 Å². The van der Waals surface area contributed by atoms with Crippen LogP contribution in [0.2, 0.25) is 0 Å². The molecule has 0 bridgehead atoms. The van der Waals surface area contributed by atoms with Crippen molar-refractivity contribution < 1.29 is 9.30 Å². The van der Waals surface area contributed by atoms with Crippen LogP contribution in [-0.4, -0.2) is 12.9 Å². The summed E-state index contributed by atoms with van der Waals surface area (Å²) in [4.78, 5) is 0. The van der Waals surface area contributed by atoms with Gasteiger partial charge < -0.3 is 9.30 Å². The van der Waals surface area contributed by atoms with E-state index in [0.29, 0.717) is 0 Å². The van der Waals surface area contributed by atoms with Crippen molar-refractivity contribution in [2.45, 2.75) is 6.42 Å². The third kappa shape index (κ3) is 5.68. The van der Waals surface area contributed by atoms with Crippen molar-refractivity contribution in [3.05, 3.63) is 132 Å². The third-order valence-electron chi connectivity index (χ3n) is 5.42. The number of hydrogen-bond acceptors (Lipinski definition) is 3. The van der Waals surface area contributed by atoms with Gasteiger partial charge in [-0.05, 0) is 35.3 Å². The van der Waals surface area contributed by atoms with Crippen LogP contribution in [0.4, 0.5) is 0 Å². The fraction of sp³-hybridized carbons (Fsp3) is 0.103. The first-order valence-corrected chi connectivity index (χ1v) is 14.3. The molecule has 0 unspecified atom stereocenters. The van der Waals surface area contributed by atoms with Crippen LogP contribution in [0.3, 0.4) is 0 Å². The highest BCUT2D eigenvalue weighted by molar-refractivity contribution is 8.62. The summed E-state index contributed by atoms with van der Waals surface area (Å²) in [5.74, 6) is 1.60. The summed E-state index contributed by atoms with van der Waals surface area (Å²) in [6.45, 7) is 0. The van der Waals surface area contributed by atoms with Gasteiger partial charge in [0.05, 0.1) is 7.11 Å². The molecule has 0 aliphatic heterocycles.